The summed E-state index contributed by atoms with van der Waals surface area (Å²) in [5.41, 5.74) is 1.75. The van der Waals surface area contributed by atoms with E-state index in [0.717, 1.165) is 10.2 Å². The van der Waals surface area contributed by atoms with Crippen LogP contribution in [0.4, 0.5) is 4.39 Å². The zero-order valence-corrected chi connectivity index (χ0v) is 13.9. The van der Waals surface area contributed by atoms with E-state index in [9.17, 15) is 4.39 Å². The van der Waals surface area contributed by atoms with E-state index in [4.69, 9.17) is 23.2 Å². The van der Waals surface area contributed by atoms with Crippen LogP contribution in [-0.4, -0.2) is 15.4 Å². The second kappa shape index (κ2) is 5.95. The van der Waals surface area contributed by atoms with Crippen LogP contribution in [0.3, 0.4) is 0 Å². The number of fused-ring (bicyclic) bond motifs is 1. The number of halogens is 4. The third kappa shape index (κ3) is 2.68. The molecule has 0 saturated carbocycles. The Morgan fingerprint density at radius 1 is 1.24 bits per heavy atom. The summed E-state index contributed by atoms with van der Waals surface area (Å²) in [4.78, 5) is 4.38. The van der Waals surface area contributed by atoms with Crippen LogP contribution in [0, 0.1) is 5.82 Å². The molecular formula is C15H10BrCl2FN2. The molecular weight excluding hydrogens is 378 g/mol. The molecule has 0 spiro atoms. The van der Waals surface area contributed by atoms with Gasteiger partial charge in [-0.05, 0) is 30.3 Å². The molecule has 0 atom stereocenters. The third-order valence-corrected chi connectivity index (χ3v) is 4.17. The lowest BCUT2D eigenvalue weighted by Gasteiger charge is -2.11. The predicted molar refractivity (Wildman–Crippen MR) is 88.2 cm³/mol. The lowest BCUT2D eigenvalue weighted by atomic mass is 10.2. The summed E-state index contributed by atoms with van der Waals surface area (Å²) in [6.07, 6.45) is 0.526. The zero-order chi connectivity index (χ0) is 15.0. The molecule has 1 heterocycles. The molecule has 0 aliphatic carbocycles. The molecule has 0 fully saturated rings. The van der Waals surface area contributed by atoms with Crippen molar-refractivity contribution in [2.24, 2.45) is 0 Å². The van der Waals surface area contributed by atoms with Crippen LogP contribution in [0.2, 0.25) is 5.02 Å². The van der Waals surface area contributed by atoms with E-state index < -0.39 is 0 Å². The molecule has 6 heteroatoms. The number of nitrogens with zero attached hydrogens (tertiary/aromatic N) is 2. The minimum atomic E-state index is -0.354. The highest BCUT2D eigenvalue weighted by Gasteiger charge is 2.16. The molecule has 2 aromatic carbocycles. The van der Waals surface area contributed by atoms with Crippen molar-refractivity contribution >= 4 is 50.2 Å². The Labute approximate surface area is 139 Å². The van der Waals surface area contributed by atoms with Gasteiger partial charge in [0.1, 0.15) is 11.3 Å². The monoisotopic (exact) mass is 386 g/mol. The van der Waals surface area contributed by atoms with Crippen molar-refractivity contribution in [3.63, 3.8) is 0 Å². The SMILES string of the molecule is Fc1cccc2c1nc(CCCl)n2-c1cc(Br)ccc1Cl. The Kier molecular flexibility index (Phi) is 4.20. The van der Waals surface area contributed by atoms with Gasteiger partial charge in [0.2, 0.25) is 0 Å². The average Bonchev–Trinajstić information content (AvgIpc) is 2.82. The van der Waals surface area contributed by atoms with Gasteiger partial charge >= 0.3 is 0 Å². The first kappa shape index (κ1) is 14.8. The summed E-state index contributed by atoms with van der Waals surface area (Å²) in [7, 11) is 0. The van der Waals surface area contributed by atoms with Crippen LogP contribution >= 0.6 is 39.1 Å². The number of aryl methyl sites for hydroxylation is 1. The van der Waals surface area contributed by atoms with Crippen LogP contribution in [0.1, 0.15) is 5.82 Å². The number of para-hydroxylation sites is 1. The number of aromatic nitrogens is 2. The van der Waals surface area contributed by atoms with E-state index >= 15 is 0 Å². The molecule has 0 radical (unpaired) electrons. The number of hydrogen-bond donors (Lipinski definition) is 0. The van der Waals surface area contributed by atoms with E-state index in [1.54, 1.807) is 12.1 Å². The van der Waals surface area contributed by atoms with Crippen molar-refractivity contribution in [3.05, 3.63) is 57.5 Å². The minimum absolute atomic E-state index is 0.327. The average molecular weight is 388 g/mol. The van der Waals surface area contributed by atoms with Gasteiger partial charge in [0.05, 0.1) is 16.2 Å². The van der Waals surface area contributed by atoms with E-state index in [-0.39, 0.29) is 5.82 Å². The first-order valence-corrected chi connectivity index (χ1v) is 7.99. The summed E-state index contributed by atoms with van der Waals surface area (Å²) >= 11 is 15.6. The quantitative estimate of drug-likeness (QED) is 0.553. The fraction of sp³-hybridized carbons (Fsp3) is 0.133. The second-order valence-electron chi connectivity index (χ2n) is 4.51. The summed E-state index contributed by atoms with van der Waals surface area (Å²) in [6.45, 7) is 0. The second-order valence-corrected chi connectivity index (χ2v) is 6.21. The first-order valence-electron chi connectivity index (χ1n) is 6.29. The predicted octanol–water partition coefficient (Wildman–Crippen LogP) is 5.36. The van der Waals surface area contributed by atoms with Gasteiger partial charge in [-0.15, -0.1) is 11.6 Å². The van der Waals surface area contributed by atoms with Crippen LogP contribution < -0.4 is 0 Å². The van der Waals surface area contributed by atoms with Crippen LogP contribution in [-0.2, 0) is 6.42 Å². The van der Waals surface area contributed by atoms with Crippen LogP contribution in [0.15, 0.2) is 40.9 Å². The van der Waals surface area contributed by atoms with Crippen molar-refractivity contribution in [1.82, 2.24) is 9.55 Å². The number of alkyl halides is 1. The molecule has 108 valence electrons. The number of hydrogen-bond acceptors (Lipinski definition) is 1. The fourth-order valence-electron chi connectivity index (χ4n) is 2.29. The van der Waals surface area contributed by atoms with Gasteiger partial charge in [-0.2, -0.15) is 0 Å². The van der Waals surface area contributed by atoms with E-state index in [1.807, 2.05) is 22.8 Å². The van der Waals surface area contributed by atoms with Gasteiger partial charge in [-0.3, -0.25) is 4.57 Å². The molecule has 0 unspecified atom stereocenters. The molecule has 3 rings (SSSR count). The first-order chi connectivity index (χ1) is 10.1. The highest BCUT2D eigenvalue weighted by molar-refractivity contribution is 9.10. The maximum atomic E-state index is 14.0. The largest absolute Gasteiger partial charge is 0.295 e. The van der Waals surface area contributed by atoms with Gasteiger partial charge in [0.15, 0.2) is 5.82 Å². The Morgan fingerprint density at radius 3 is 2.81 bits per heavy atom. The molecule has 0 bridgehead atoms. The molecule has 3 aromatic rings. The number of imidazole rings is 1. The lowest BCUT2D eigenvalue weighted by Crippen LogP contribution is -2.03. The van der Waals surface area contributed by atoms with Gasteiger partial charge in [0.25, 0.3) is 0 Å². The maximum absolute atomic E-state index is 14.0. The van der Waals surface area contributed by atoms with Crippen LogP contribution in [0.5, 0.6) is 0 Å². The Bertz CT molecular complexity index is 817. The molecule has 0 N–H and O–H groups in total. The normalized spacial score (nSPS) is 11.2. The Morgan fingerprint density at radius 2 is 2.05 bits per heavy atom. The van der Waals surface area contributed by atoms with Crippen molar-refractivity contribution in [3.8, 4) is 5.69 Å². The molecule has 0 amide bonds. The van der Waals surface area contributed by atoms with E-state index in [2.05, 4.69) is 20.9 Å². The van der Waals surface area contributed by atoms with Gasteiger partial charge in [-0.25, -0.2) is 9.37 Å². The fourth-order valence-corrected chi connectivity index (χ4v) is 3.01. The Balaban J connectivity index is 2.36. The highest BCUT2D eigenvalue weighted by Crippen LogP contribution is 2.30. The molecule has 0 saturated heterocycles. The van der Waals surface area contributed by atoms with Crippen molar-refractivity contribution in [2.45, 2.75) is 6.42 Å². The minimum Gasteiger partial charge on any atom is -0.295 e. The van der Waals surface area contributed by atoms with E-state index in [1.165, 1.54) is 6.07 Å². The van der Waals surface area contributed by atoms with Gasteiger partial charge in [0, 0.05) is 16.8 Å². The molecule has 0 aliphatic heterocycles. The standard InChI is InChI=1S/C15H10BrCl2FN2/c16-9-4-5-10(18)13(8-9)21-12-3-1-2-11(19)15(12)20-14(21)6-7-17/h1-5,8H,6-7H2. The molecule has 1 aromatic heterocycles. The third-order valence-electron chi connectivity index (χ3n) is 3.17. The smallest absolute Gasteiger partial charge is 0.151 e. The zero-order valence-electron chi connectivity index (χ0n) is 10.8. The van der Waals surface area contributed by atoms with Crippen LogP contribution in [0.25, 0.3) is 16.7 Å². The van der Waals surface area contributed by atoms with Gasteiger partial charge < -0.3 is 0 Å². The van der Waals surface area contributed by atoms with Crippen molar-refractivity contribution in [2.75, 3.05) is 5.88 Å². The van der Waals surface area contributed by atoms with Crippen molar-refractivity contribution < 1.29 is 4.39 Å². The molecule has 2 nitrogen and oxygen atoms in total. The van der Waals surface area contributed by atoms with Crippen molar-refractivity contribution in [1.29, 1.82) is 0 Å². The summed E-state index contributed by atoms with van der Waals surface area (Å²) in [5.74, 6) is 0.731. The Hall–Kier alpha value is -1.10. The molecule has 0 aliphatic rings. The maximum Gasteiger partial charge on any atom is 0.151 e. The number of rotatable bonds is 3. The van der Waals surface area contributed by atoms with Gasteiger partial charge in [-0.1, -0.05) is 33.6 Å². The highest BCUT2D eigenvalue weighted by atomic mass is 79.9. The topological polar surface area (TPSA) is 17.8 Å². The molecule has 21 heavy (non-hydrogen) atoms. The number of benzene rings is 2. The summed E-state index contributed by atoms with van der Waals surface area (Å²) in [6, 6.07) is 10.4. The van der Waals surface area contributed by atoms with E-state index in [0.29, 0.717) is 34.2 Å². The lowest BCUT2D eigenvalue weighted by molar-refractivity contribution is 0.637. The summed E-state index contributed by atoms with van der Waals surface area (Å²) in [5, 5.41) is 0.567. The summed E-state index contributed by atoms with van der Waals surface area (Å²) < 4.78 is 16.7.